The molecule has 0 aliphatic carbocycles. The molecule has 0 saturated heterocycles. The van der Waals surface area contributed by atoms with Gasteiger partial charge in [0, 0.05) is 38.9 Å². The summed E-state index contributed by atoms with van der Waals surface area (Å²) < 4.78 is 15.7. The molecule has 2 aromatic carbocycles. The molecule has 0 aliphatic rings. The van der Waals surface area contributed by atoms with Crippen molar-refractivity contribution in [2.75, 3.05) is 0 Å². The average molecular weight is 401 g/mol. The molecule has 0 fully saturated rings. The molecular formula is C26H25NOS. The fourth-order valence-corrected chi connectivity index (χ4v) is 5.30. The molecule has 5 rings (SSSR count). The molecule has 5 aromatic rings. The Morgan fingerprint density at radius 1 is 1.03 bits per heavy atom. The molecule has 0 spiro atoms. The molecule has 0 radical (unpaired) electrons. The van der Waals surface area contributed by atoms with Crippen LogP contribution in [0.5, 0.6) is 0 Å². The van der Waals surface area contributed by atoms with Gasteiger partial charge in [0.1, 0.15) is 11.2 Å². The topological polar surface area (TPSA) is 26.0 Å². The summed E-state index contributed by atoms with van der Waals surface area (Å²) in [5, 5.41) is 3.50. The Hall–Kier alpha value is -2.65. The van der Waals surface area contributed by atoms with Crippen molar-refractivity contribution in [3.05, 3.63) is 64.2 Å². The smallest absolute Gasteiger partial charge is 0.144 e. The Morgan fingerprint density at radius 2 is 1.83 bits per heavy atom. The normalized spacial score (nSPS) is 12.9. The van der Waals surface area contributed by atoms with Crippen LogP contribution in [0.15, 0.2) is 47.0 Å². The van der Waals surface area contributed by atoms with Gasteiger partial charge in [-0.15, -0.1) is 11.3 Å². The molecule has 146 valence electrons. The van der Waals surface area contributed by atoms with Crippen LogP contribution in [0.4, 0.5) is 0 Å². The van der Waals surface area contributed by atoms with Crippen LogP contribution in [0, 0.1) is 20.7 Å². The Balaban J connectivity index is 1.83. The van der Waals surface area contributed by atoms with Crippen molar-refractivity contribution in [2.24, 2.45) is 0 Å². The summed E-state index contributed by atoms with van der Waals surface area (Å²) in [5.74, 6) is 0. The van der Waals surface area contributed by atoms with Gasteiger partial charge in [0.05, 0.1) is 5.69 Å². The maximum Gasteiger partial charge on any atom is 0.144 e. The average Bonchev–Trinajstić information content (AvgIpc) is 3.23. The molecule has 0 unspecified atom stereocenters. The maximum absolute atomic E-state index is 7.89. The van der Waals surface area contributed by atoms with Gasteiger partial charge in [0.15, 0.2) is 0 Å². The molecular weight excluding hydrogens is 374 g/mol. The first-order chi connectivity index (χ1) is 14.3. The lowest BCUT2D eigenvalue weighted by molar-refractivity contribution is 0.585. The van der Waals surface area contributed by atoms with E-state index in [1.165, 1.54) is 26.1 Å². The minimum Gasteiger partial charge on any atom is -0.455 e. The van der Waals surface area contributed by atoms with Crippen LogP contribution in [0.3, 0.4) is 0 Å². The predicted octanol–water partition coefficient (Wildman–Crippen LogP) is 8.09. The van der Waals surface area contributed by atoms with Gasteiger partial charge in [-0.1, -0.05) is 32.9 Å². The highest BCUT2D eigenvalue weighted by Crippen LogP contribution is 2.42. The van der Waals surface area contributed by atoms with E-state index < -0.39 is 0 Å². The number of fused-ring (bicyclic) bond motifs is 5. The standard InChI is InChI=1S/C26H25NOS/c1-14-13-27-21(12-20(14)26(4,5)6)19-9-7-8-17-18-10-11-22-23(15(2)16(3)29-22)25(18)28-24(17)19/h7-13H,1-6H3/i1D. The number of pyridine rings is 1. The lowest BCUT2D eigenvalue weighted by atomic mass is 9.84. The third kappa shape index (κ3) is 2.71. The molecule has 2 nitrogen and oxygen atoms in total. The summed E-state index contributed by atoms with van der Waals surface area (Å²) in [4.78, 5) is 6.05. The SMILES string of the molecule is [2H]Cc1cnc(-c2cccc3c2oc2c3ccc3sc(C)c(C)c32)cc1C(C)(C)C. The fourth-order valence-electron chi connectivity index (χ4n) is 4.23. The van der Waals surface area contributed by atoms with Crippen LogP contribution in [0.1, 0.15) is 43.7 Å². The molecule has 3 aromatic heterocycles. The van der Waals surface area contributed by atoms with Crippen LogP contribution in [-0.4, -0.2) is 4.98 Å². The van der Waals surface area contributed by atoms with Gasteiger partial charge in [0.25, 0.3) is 0 Å². The molecule has 0 atom stereocenters. The van der Waals surface area contributed by atoms with E-state index in [0.29, 0.717) is 0 Å². The van der Waals surface area contributed by atoms with Gasteiger partial charge in [-0.2, -0.15) is 0 Å². The third-order valence-corrected chi connectivity index (χ3v) is 7.04. The summed E-state index contributed by atoms with van der Waals surface area (Å²) in [7, 11) is 0. The van der Waals surface area contributed by atoms with Gasteiger partial charge in [-0.25, -0.2) is 0 Å². The van der Waals surface area contributed by atoms with Crippen molar-refractivity contribution in [1.29, 1.82) is 0 Å². The van der Waals surface area contributed by atoms with E-state index in [1.807, 2.05) is 17.5 Å². The summed E-state index contributed by atoms with van der Waals surface area (Å²) in [6.07, 6.45) is 1.86. The third-order valence-electron chi connectivity index (χ3n) is 5.87. The minimum atomic E-state index is -0.0483. The minimum absolute atomic E-state index is 0.0483. The van der Waals surface area contributed by atoms with Gasteiger partial charge in [-0.05, 0) is 67.1 Å². The first-order valence-corrected chi connectivity index (χ1v) is 10.7. The zero-order valence-corrected chi connectivity index (χ0v) is 18.3. The van der Waals surface area contributed by atoms with Crippen LogP contribution in [-0.2, 0) is 5.41 Å². The molecule has 0 aliphatic heterocycles. The molecule has 29 heavy (non-hydrogen) atoms. The predicted molar refractivity (Wildman–Crippen MR) is 125 cm³/mol. The van der Waals surface area contributed by atoms with E-state index in [2.05, 4.69) is 71.0 Å². The first-order valence-electron chi connectivity index (χ1n) is 10.6. The van der Waals surface area contributed by atoms with Crippen molar-refractivity contribution in [3.8, 4) is 11.3 Å². The maximum atomic E-state index is 7.89. The number of aromatic nitrogens is 1. The van der Waals surface area contributed by atoms with Gasteiger partial charge < -0.3 is 4.42 Å². The fraction of sp³-hybridized carbons (Fsp3) is 0.269. The second-order valence-electron chi connectivity index (χ2n) is 8.86. The number of rotatable bonds is 1. The molecule has 0 amide bonds. The summed E-state index contributed by atoms with van der Waals surface area (Å²) >= 11 is 1.82. The zero-order chi connectivity index (χ0) is 21.2. The number of nitrogens with zero attached hydrogens (tertiary/aromatic N) is 1. The van der Waals surface area contributed by atoms with Crippen molar-refractivity contribution in [3.63, 3.8) is 0 Å². The zero-order valence-electron chi connectivity index (χ0n) is 18.5. The van der Waals surface area contributed by atoms with Crippen molar-refractivity contribution in [2.45, 2.75) is 46.9 Å². The number of para-hydroxylation sites is 1. The molecule has 0 bridgehead atoms. The van der Waals surface area contributed by atoms with E-state index in [0.717, 1.165) is 38.8 Å². The van der Waals surface area contributed by atoms with Crippen LogP contribution >= 0.6 is 11.3 Å². The lowest BCUT2D eigenvalue weighted by Gasteiger charge is -2.22. The van der Waals surface area contributed by atoms with E-state index in [9.17, 15) is 0 Å². The quantitative estimate of drug-likeness (QED) is 0.284. The van der Waals surface area contributed by atoms with E-state index in [1.54, 1.807) is 0 Å². The summed E-state index contributed by atoms with van der Waals surface area (Å²) in [6.45, 7) is 11.1. The lowest BCUT2D eigenvalue weighted by Crippen LogP contribution is -2.13. The highest BCUT2D eigenvalue weighted by atomic mass is 32.1. The number of thiophene rings is 1. The van der Waals surface area contributed by atoms with Crippen molar-refractivity contribution in [1.82, 2.24) is 4.98 Å². The molecule has 0 saturated carbocycles. The number of benzene rings is 2. The van der Waals surface area contributed by atoms with Crippen molar-refractivity contribution < 1.29 is 5.79 Å². The summed E-state index contributed by atoms with van der Waals surface area (Å²) in [6, 6.07) is 12.8. The van der Waals surface area contributed by atoms with Gasteiger partial charge in [0.2, 0.25) is 0 Å². The van der Waals surface area contributed by atoms with E-state index in [4.69, 9.17) is 10.8 Å². The van der Waals surface area contributed by atoms with Crippen LogP contribution < -0.4 is 0 Å². The highest BCUT2D eigenvalue weighted by Gasteiger charge is 2.20. The largest absolute Gasteiger partial charge is 0.455 e. The van der Waals surface area contributed by atoms with Crippen LogP contribution in [0.25, 0.3) is 43.3 Å². The molecule has 3 heterocycles. The summed E-state index contributed by atoms with van der Waals surface area (Å²) in [5.41, 5.74) is 7.16. The van der Waals surface area contributed by atoms with Crippen molar-refractivity contribution >= 4 is 43.4 Å². The van der Waals surface area contributed by atoms with Crippen LogP contribution in [0.2, 0.25) is 0 Å². The number of hydrogen-bond acceptors (Lipinski definition) is 3. The number of aryl methyl sites for hydroxylation is 3. The van der Waals surface area contributed by atoms with E-state index >= 15 is 0 Å². The van der Waals surface area contributed by atoms with Gasteiger partial charge >= 0.3 is 0 Å². The van der Waals surface area contributed by atoms with Gasteiger partial charge in [-0.3, -0.25) is 4.98 Å². The Labute approximate surface area is 176 Å². The second-order valence-corrected chi connectivity index (χ2v) is 10.1. The number of hydrogen-bond donors (Lipinski definition) is 0. The Morgan fingerprint density at radius 3 is 2.59 bits per heavy atom. The monoisotopic (exact) mass is 400 g/mol. The number of furan rings is 1. The first kappa shape index (κ1) is 17.2. The van der Waals surface area contributed by atoms with E-state index in [-0.39, 0.29) is 12.3 Å². The Bertz CT molecular complexity index is 1440. The molecule has 0 N–H and O–H groups in total. The second kappa shape index (κ2) is 6.17. The molecule has 3 heteroatoms. The highest BCUT2D eigenvalue weighted by molar-refractivity contribution is 7.19. The Kier molecular flexibility index (Phi) is 3.67.